The average Bonchev–Trinajstić information content (AvgIpc) is 3.40. The number of hydrogen-bond acceptors (Lipinski definition) is 7. The van der Waals surface area contributed by atoms with Gasteiger partial charge in [-0.15, -0.1) is 5.10 Å². The van der Waals surface area contributed by atoms with Gasteiger partial charge in [0.25, 0.3) is 0 Å². The number of fused-ring (bicyclic) bond motifs is 1. The van der Waals surface area contributed by atoms with Crippen LogP contribution in [0.3, 0.4) is 0 Å². The summed E-state index contributed by atoms with van der Waals surface area (Å²) in [5, 5.41) is 8.87. The number of aromatic amines is 1. The van der Waals surface area contributed by atoms with Gasteiger partial charge in [0.05, 0.1) is 18.1 Å². The standard InChI is InChI=1S/C17H23N9/c18-17-21-15-14(19-10-20-15)16(22-17)25-7-5-12(6-8-25)26-9-13(23-24-26)11-3-1-2-4-11/h9-12H,1-8H2,(H3,18,19,20,21,22). The Morgan fingerprint density at radius 1 is 1.08 bits per heavy atom. The minimum atomic E-state index is 0.263. The first-order valence-corrected chi connectivity index (χ1v) is 9.41. The second-order valence-corrected chi connectivity index (χ2v) is 7.33. The Hall–Kier alpha value is -2.71. The first-order chi connectivity index (χ1) is 12.8. The molecule has 5 rings (SSSR count). The Kier molecular flexibility index (Phi) is 3.72. The van der Waals surface area contributed by atoms with Crippen molar-refractivity contribution < 1.29 is 0 Å². The number of nitrogens with zero attached hydrogens (tertiary/aromatic N) is 7. The smallest absolute Gasteiger partial charge is 0.224 e. The highest BCUT2D eigenvalue weighted by molar-refractivity contribution is 5.84. The van der Waals surface area contributed by atoms with E-state index in [2.05, 4.69) is 46.0 Å². The summed E-state index contributed by atoms with van der Waals surface area (Å²) < 4.78 is 2.07. The van der Waals surface area contributed by atoms with Crippen molar-refractivity contribution in [2.45, 2.75) is 50.5 Å². The molecule has 0 aromatic carbocycles. The molecule has 26 heavy (non-hydrogen) atoms. The Bertz CT molecular complexity index is 900. The molecule has 1 saturated heterocycles. The third kappa shape index (κ3) is 2.67. The highest BCUT2D eigenvalue weighted by Gasteiger charge is 2.26. The summed E-state index contributed by atoms with van der Waals surface area (Å²) in [6.07, 6.45) is 11.0. The van der Waals surface area contributed by atoms with E-state index in [1.165, 1.54) is 31.4 Å². The zero-order valence-electron chi connectivity index (χ0n) is 14.7. The van der Waals surface area contributed by atoms with Gasteiger partial charge >= 0.3 is 0 Å². The van der Waals surface area contributed by atoms with E-state index in [0.29, 0.717) is 17.6 Å². The molecule has 1 saturated carbocycles. The molecule has 2 aliphatic rings. The Labute approximate surface area is 151 Å². The summed E-state index contributed by atoms with van der Waals surface area (Å²) in [5.74, 6) is 1.72. The van der Waals surface area contributed by atoms with Crippen molar-refractivity contribution in [3.8, 4) is 0 Å². The van der Waals surface area contributed by atoms with Crippen LogP contribution >= 0.6 is 0 Å². The van der Waals surface area contributed by atoms with Crippen LogP contribution in [0.5, 0.6) is 0 Å². The molecule has 3 aromatic rings. The highest BCUT2D eigenvalue weighted by atomic mass is 15.4. The normalized spacial score (nSPS) is 19.6. The molecule has 0 amide bonds. The van der Waals surface area contributed by atoms with Gasteiger partial charge in [0.15, 0.2) is 11.5 Å². The molecule has 0 radical (unpaired) electrons. The lowest BCUT2D eigenvalue weighted by atomic mass is 10.0. The lowest BCUT2D eigenvalue weighted by Crippen LogP contribution is -2.35. The predicted molar refractivity (Wildman–Crippen MR) is 97.8 cm³/mol. The van der Waals surface area contributed by atoms with Crippen LogP contribution in [0.1, 0.15) is 56.2 Å². The second kappa shape index (κ2) is 6.22. The number of piperidine rings is 1. The number of anilines is 2. The van der Waals surface area contributed by atoms with Gasteiger partial charge in [-0.1, -0.05) is 18.1 Å². The molecular formula is C17H23N9. The zero-order valence-corrected chi connectivity index (χ0v) is 14.7. The fourth-order valence-corrected chi connectivity index (χ4v) is 4.28. The van der Waals surface area contributed by atoms with Crippen LogP contribution in [0.25, 0.3) is 11.2 Å². The summed E-state index contributed by atoms with van der Waals surface area (Å²) in [4.78, 5) is 18.2. The van der Waals surface area contributed by atoms with Crippen LogP contribution < -0.4 is 10.6 Å². The molecular weight excluding hydrogens is 330 g/mol. The van der Waals surface area contributed by atoms with E-state index < -0.39 is 0 Å². The van der Waals surface area contributed by atoms with Gasteiger partial charge in [-0.05, 0) is 25.7 Å². The van der Waals surface area contributed by atoms with Gasteiger partial charge in [-0.2, -0.15) is 9.97 Å². The SMILES string of the molecule is Nc1nc(N2CCC(n3cc(C4CCCC4)nn3)CC2)c2[nH]cnc2n1. The summed E-state index contributed by atoms with van der Waals surface area (Å²) >= 11 is 0. The van der Waals surface area contributed by atoms with Gasteiger partial charge in [-0.25, -0.2) is 9.67 Å². The monoisotopic (exact) mass is 353 g/mol. The van der Waals surface area contributed by atoms with Crippen molar-refractivity contribution in [2.24, 2.45) is 0 Å². The molecule has 0 bridgehead atoms. The number of H-pyrrole nitrogens is 1. The molecule has 0 spiro atoms. The molecule has 1 aliphatic carbocycles. The lowest BCUT2D eigenvalue weighted by molar-refractivity contribution is 0.359. The maximum atomic E-state index is 5.85. The van der Waals surface area contributed by atoms with Crippen LogP contribution in [-0.2, 0) is 0 Å². The summed E-state index contributed by atoms with van der Waals surface area (Å²) in [5.41, 5.74) is 8.49. The van der Waals surface area contributed by atoms with E-state index in [4.69, 9.17) is 5.73 Å². The van der Waals surface area contributed by atoms with Crippen LogP contribution in [0, 0.1) is 0 Å². The minimum Gasteiger partial charge on any atom is -0.368 e. The Morgan fingerprint density at radius 2 is 1.88 bits per heavy atom. The van der Waals surface area contributed by atoms with Crippen molar-refractivity contribution in [1.29, 1.82) is 0 Å². The van der Waals surface area contributed by atoms with Crippen LogP contribution in [0.2, 0.25) is 0 Å². The highest BCUT2D eigenvalue weighted by Crippen LogP contribution is 2.34. The van der Waals surface area contributed by atoms with E-state index in [-0.39, 0.29) is 5.95 Å². The summed E-state index contributed by atoms with van der Waals surface area (Å²) in [7, 11) is 0. The third-order valence-corrected chi connectivity index (χ3v) is 5.72. The predicted octanol–water partition coefficient (Wildman–Crippen LogP) is 2.03. The fraction of sp³-hybridized carbons (Fsp3) is 0.588. The molecule has 136 valence electrons. The van der Waals surface area contributed by atoms with Crippen LogP contribution in [-0.4, -0.2) is 48.0 Å². The first-order valence-electron chi connectivity index (χ1n) is 9.41. The number of nitrogens with two attached hydrogens (primary N) is 1. The summed E-state index contributed by atoms with van der Waals surface area (Å²) in [6, 6.07) is 0.394. The molecule has 4 heterocycles. The van der Waals surface area contributed by atoms with Gasteiger partial charge in [-0.3, -0.25) is 0 Å². The van der Waals surface area contributed by atoms with Crippen molar-refractivity contribution in [3.63, 3.8) is 0 Å². The third-order valence-electron chi connectivity index (χ3n) is 5.72. The van der Waals surface area contributed by atoms with Crippen molar-refractivity contribution in [3.05, 3.63) is 18.2 Å². The molecule has 3 N–H and O–H groups in total. The topological polar surface area (TPSA) is 114 Å². The first kappa shape index (κ1) is 15.5. The largest absolute Gasteiger partial charge is 0.368 e. The molecule has 3 aromatic heterocycles. The maximum absolute atomic E-state index is 5.85. The van der Waals surface area contributed by atoms with Crippen molar-refractivity contribution >= 4 is 22.9 Å². The van der Waals surface area contributed by atoms with E-state index in [1.807, 2.05) is 0 Å². The van der Waals surface area contributed by atoms with Crippen LogP contribution in [0.4, 0.5) is 11.8 Å². The Morgan fingerprint density at radius 3 is 2.69 bits per heavy atom. The van der Waals surface area contributed by atoms with E-state index >= 15 is 0 Å². The minimum absolute atomic E-state index is 0.263. The van der Waals surface area contributed by atoms with E-state index in [9.17, 15) is 0 Å². The zero-order chi connectivity index (χ0) is 17.5. The maximum Gasteiger partial charge on any atom is 0.224 e. The lowest BCUT2D eigenvalue weighted by Gasteiger charge is -2.32. The van der Waals surface area contributed by atoms with Crippen molar-refractivity contribution in [1.82, 2.24) is 34.9 Å². The molecule has 0 unspecified atom stereocenters. The molecule has 9 nitrogen and oxygen atoms in total. The quantitative estimate of drug-likeness (QED) is 0.740. The van der Waals surface area contributed by atoms with Gasteiger partial charge in [0.2, 0.25) is 5.95 Å². The summed E-state index contributed by atoms with van der Waals surface area (Å²) in [6.45, 7) is 1.79. The van der Waals surface area contributed by atoms with E-state index in [0.717, 1.165) is 37.3 Å². The average molecular weight is 353 g/mol. The van der Waals surface area contributed by atoms with Crippen LogP contribution in [0.15, 0.2) is 12.5 Å². The molecule has 2 fully saturated rings. The number of hydrogen-bond donors (Lipinski definition) is 2. The number of rotatable bonds is 3. The van der Waals surface area contributed by atoms with Gasteiger partial charge < -0.3 is 15.6 Å². The van der Waals surface area contributed by atoms with Gasteiger partial charge in [0, 0.05) is 25.2 Å². The Balaban J connectivity index is 1.31. The second-order valence-electron chi connectivity index (χ2n) is 7.33. The molecule has 1 aliphatic heterocycles. The molecule has 9 heteroatoms. The number of nitrogens with one attached hydrogen (secondary N) is 1. The fourth-order valence-electron chi connectivity index (χ4n) is 4.28. The molecule has 0 atom stereocenters. The number of aromatic nitrogens is 7. The van der Waals surface area contributed by atoms with Crippen molar-refractivity contribution in [2.75, 3.05) is 23.7 Å². The van der Waals surface area contributed by atoms with Gasteiger partial charge in [0.1, 0.15) is 5.52 Å². The number of nitrogen functional groups attached to an aromatic ring is 1. The van der Waals surface area contributed by atoms with E-state index in [1.54, 1.807) is 6.33 Å². The number of imidazole rings is 1.